The number of nitrogens with one attached hydrogen (secondary N) is 1. The van der Waals surface area contributed by atoms with E-state index in [1.807, 2.05) is 0 Å². The Labute approximate surface area is 172 Å². The van der Waals surface area contributed by atoms with Gasteiger partial charge in [-0.05, 0) is 57.5 Å². The molecule has 2 aromatic heterocycles. The van der Waals surface area contributed by atoms with Gasteiger partial charge in [-0.15, -0.1) is 5.10 Å². The molecule has 0 radical (unpaired) electrons. The second kappa shape index (κ2) is 8.19. The van der Waals surface area contributed by atoms with Gasteiger partial charge in [-0.1, -0.05) is 12.1 Å². The van der Waals surface area contributed by atoms with Crippen molar-refractivity contribution in [3.8, 4) is 0 Å². The molecule has 0 bridgehead atoms. The minimum Gasteiger partial charge on any atom is -0.442 e. The Morgan fingerprint density at radius 3 is 2.53 bits per heavy atom. The van der Waals surface area contributed by atoms with E-state index in [9.17, 15) is 18.7 Å². The summed E-state index contributed by atoms with van der Waals surface area (Å²) in [5.41, 5.74) is 0.303. The van der Waals surface area contributed by atoms with E-state index in [0.29, 0.717) is 17.3 Å². The molecule has 1 aromatic carbocycles. The highest BCUT2D eigenvalue weighted by molar-refractivity contribution is 5.72. The van der Waals surface area contributed by atoms with Crippen LogP contribution in [0.3, 0.4) is 0 Å². The molecule has 158 valence electrons. The van der Waals surface area contributed by atoms with Crippen molar-refractivity contribution in [2.75, 3.05) is 5.32 Å². The van der Waals surface area contributed by atoms with Crippen LogP contribution >= 0.6 is 0 Å². The minimum atomic E-state index is -1.25. The minimum absolute atomic E-state index is 0.170. The molecule has 3 aromatic rings. The quantitative estimate of drug-likeness (QED) is 0.652. The molecular weight excluding hydrogens is 394 g/mol. The Morgan fingerprint density at radius 2 is 1.87 bits per heavy atom. The summed E-state index contributed by atoms with van der Waals surface area (Å²) in [6.45, 7) is 6.99. The summed E-state index contributed by atoms with van der Waals surface area (Å²) in [4.78, 5) is 16.5. The van der Waals surface area contributed by atoms with Gasteiger partial charge in [0.05, 0.1) is 5.69 Å². The summed E-state index contributed by atoms with van der Waals surface area (Å²) in [5, 5.41) is 17.6. The van der Waals surface area contributed by atoms with Gasteiger partial charge in [-0.25, -0.2) is 18.6 Å². The number of pyridine rings is 1. The Bertz CT molecular complexity index is 1080. The Kier molecular flexibility index (Phi) is 5.84. The molecule has 9 heteroatoms. The first-order valence-electron chi connectivity index (χ1n) is 9.20. The van der Waals surface area contributed by atoms with Crippen LogP contribution < -0.4 is 5.32 Å². The van der Waals surface area contributed by atoms with Crippen LogP contribution in [0.5, 0.6) is 0 Å². The van der Waals surface area contributed by atoms with Crippen molar-refractivity contribution in [1.29, 1.82) is 0 Å². The maximum Gasteiger partial charge on any atom is 0.435 e. The number of aromatic nitrogens is 3. The van der Waals surface area contributed by atoms with Gasteiger partial charge in [-0.2, -0.15) is 4.68 Å². The van der Waals surface area contributed by atoms with Gasteiger partial charge < -0.3 is 15.2 Å². The number of aliphatic hydroxyl groups is 1. The molecule has 7 nitrogen and oxygen atoms in total. The lowest BCUT2D eigenvalue weighted by Crippen LogP contribution is -2.28. The molecule has 0 saturated carbocycles. The fraction of sp³-hybridized carbons (Fsp3) is 0.286. The highest BCUT2D eigenvalue weighted by atomic mass is 19.2. The third-order valence-electron chi connectivity index (χ3n) is 4.02. The number of aliphatic hydroxyl groups excluding tert-OH is 1. The number of aryl methyl sites for hydroxylation is 1. The molecule has 30 heavy (non-hydrogen) atoms. The van der Waals surface area contributed by atoms with Crippen LogP contribution in [0.1, 0.15) is 43.8 Å². The second-order valence-corrected chi connectivity index (χ2v) is 7.71. The molecule has 0 saturated heterocycles. The average molecular weight is 416 g/mol. The fourth-order valence-electron chi connectivity index (χ4n) is 2.68. The van der Waals surface area contributed by atoms with Gasteiger partial charge in [-0.3, -0.25) is 0 Å². The molecule has 0 aliphatic carbocycles. The summed E-state index contributed by atoms with van der Waals surface area (Å²) >= 11 is 0. The largest absolute Gasteiger partial charge is 0.442 e. The number of benzene rings is 1. The summed E-state index contributed by atoms with van der Waals surface area (Å²) in [6.07, 6.45) is -1.86. The third kappa shape index (κ3) is 4.98. The standard InChI is InChI=1S/C21H22F2N4O3/c1-12-10-18(26-27(12)20(29)30-21(2,3)4)25-17-7-5-6-16(24-17)19(28)13-8-9-14(22)15(23)11-13/h5-11,19,28H,1-4H3,(H,24,25,26). The number of nitrogens with zero attached hydrogens (tertiary/aromatic N) is 3. The molecule has 0 spiro atoms. The van der Waals surface area contributed by atoms with Crippen LogP contribution in [-0.2, 0) is 4.74 Å². The number of anilines is 2. The first-order valence-corrected chi connectivity index (χ1v) is 9.20. The maximum absolute atomic E-state index is 13.5. The summed E-state index contributed by atoms with van der Waals surface area (Å²) in [7, 11) is 0. The van der Waals surface area contributed by atoms with E-state index < -0.39 is 29.4 Å². The average Bonchev–Trinajstić information content (AvgIpc) is 3.02. The maximum atomic E-state index is 13.5. The van der Waals surface area contributed by atoms with Crippen molar-refractivity contribution < 1.29 is 23.4 Å². The van der Waals surface area contributed by atoms with Gasteiger partial charge in [0, 0.05) is 11.8 Å². The van der Waals surface area contributed by atoms with E-state index in [1.54, 1.807) is 52.0 Å². The van der Waals surface area contributed by atoms with Gasteiger partial charge in [0.1, 0.15) is 17.5 Å². The molecule has 0 aliphatic rings. The Hall–Kier alpha value is -3.33. The number of carbonyl (C=O) groups is 1. The predicted molar refractivity (Wildman–Crippen MR) is 107 cm³/mol. The van der Waals surface area contributed by atoms with E-state index in [4.69, 9.17) is 4.74 Å². The van der Waals surface area contributed by atoms with Crippen LogP contribution in [0.25, 0.3) is 0 Å². The molecule has 1 atom stereocenters. The molecule has 1 unspecified atom stereocenters. The number of hydrogen-bond donors (Lipinski definition) is 2. The second-order valence-electron chi connectivity index (χ2n) is 7.71. The highest BCUT2D eigenvalue weighted by Gasteiger charge is 2.21. The molecular formula is C21H22F2N4O3. The smallest absolute Gasteiger partial charge is 0.435 e. The van der Waals surface area contributed by atoms with Gasteiger partial charge in [0.2, 0.25) is 0 Å². The summed E-state index contributed by atoms with van der Waals surface area (Å²) in [5.74, 6) is -1.34. The lowest BCUT2D eigenvalue weighted by Gasteiger charge is -2.19. The van der Waals surface area contributed by atoms with Crippen LogP contribution in [0.4, 0.5) is 25.2 Å². The normalized spacial score (nSPS) is 12.5. The molecule has 0 fully saturated rings. The van der Waals surface area contributed by atoms with Crippen molar-refractivity contribution in [3.63, 3.8) is 0 Å². The van der Waals surface area contributed by atoms with Gasteiger partial charge in [0.15, 0.2) is 17.5 Å². The van der Waals surface area contributed by atoms with Crippen molar-refractivity contribution in [1.82, 2.24) is 14.8 Å². The molecule has 0 amide bonds. The van der Waals surface area contributed by atoms with E-state index >= 15 is 0 Å². The van der Waals surface area contributed by atoms with Crippen LogP contribution in [0.2, 0.25) is 0 Å². The Morgan fingerprint density at radius 1 is 1.13 bits per heavy atom. The van der Waals surface area contributed by atoms with Crippen LogP contribution in [-0.4, -0.2) is 31.6 Å². The summed E-state index contributed by atoms with van der Waals surface area (Å²) < 4.78 is 33.0. The highest BCUT2D eigenvalue weighted by Crippen LogP contribution is 2.24. The van der Waals surface area contributed by atoms with Gasteiger partial charge in [0.25, 0.3) is 0 Å². The van der Waals surface area contributed by atoms with E-state index in [0.717, 1.165) is 16.8 Å². The third-order valence-corrected chi connectivity index (χ3v) is 4.02. The van der Waals surface area contributed by atoms with E-state index in [1.165, 1.54) is 6.07 Å². The van der Waals surface area contributed by atoms with Crippen molar-refractivity contribution in [2.24, 2.45) is 0 Å². The molecule has 3 rings (SSSR count). The molecule has 0 aliphatic heterocycles. The number of halogens is 2. The van der Waals surface area contributed by atoms with Crippen molar-refractivity contribution in [2.45, 2.75) is 39.4 Å². The fourth-order valence-corrected chi connectivity index (χ4v) is 2.68. The van der Waals surface area contributed by atoms with E-state index in [2.05, 4.69) is 15.4 Å². The van der Waals surface area contributed by atoms with Crippen LogP contribution in [0.15, 0.2) is 42.5 Å². The SMILES string of the molecule is Cc1cc(Nc2cccc(C(O)c3ccc(F)c(F)c3)n2)nn1C(=O)OC(C)(C)C. The van der Waals surface area contributed by atoms with E-state index in [-0.39, 0.29) is 11.3 Å². The number of rotatable bonds is 4. The molecule has 2 N–H and O–H groups in total. The lowest BCUT2D eigenvalue weighted by atomic mass is 10.1. The lowest BCUT2D eigenvalue weighted by molar-refractivity contribution is 0.0511. The monoisotopic (exact) mass is 416 g/mol. The van der Waals surface area contributed by atoms with Crippen molar-refractivity contribution >= 4 is 17.7 Å². The number of hydrogen-bond acceptors (Lipinski definition) is 6. The topological polar surface area (TPSA) is 89.3 Å². The predicted octanol–water partition coefficient (Wildman–Crippen LogP) is 4.47. The zero-order chi connectivity index (χ0) is 22.1. The number of ether oxygens (including phenoxy) is 1. The number of carbonyl (C=O) groups excluding carboxylic acids is 1. The first-order chi connectivity index (χ1) is 14.0. The van der Waals surface area contributed by atoms with Crippen LogP contribution in [0, 0.1) is 18.6 Å². The van der Waals surface area contributed by atoms with Gasteiger partial charge >= 0.3 is 6.09 Å². The zero-order valence-electron chi connectivity index (χ0n) is 17.0. The molecule has 2 heterocycles. The Balaban J connectivity index is 1.79. The van der Waals surface area contributed by atoms with Crippen molar-refractivity contribution in [3.05, 3.63) is 71.1 Å². The summed E-state index contributed by atoms with van der Waals surface area (Å²) in [6, 6.07) is 9.65. The first kappa shape index (κ1) is 21.4. The zero-order valence-corrected chi connectivity index (χ0v) is 17.0.